The zero-order valence-electron chi connectivity index (χ0n) is 10.2. The summed E-state index contributed by atoms with van der Waals surface area (Å²) in [6, 6.07) is 9.65. The van der Waals surface area contributed by atoms with E-state index in [1.807, 2.05) is 24.3 Å². The van der Waals surface area contributed by atoms with Crippen LogP contribution in [0.15, 0.2) is 30.3 Å². The lowest BCUT2D eigenvalue weighted by molar-refractivity contribution is 0.101. The lowest BCUT2D eigenvalue weighted by Crippen LogP contribution is -2.01. The average molecular weight is 228 g/mol. The molecule has 1 heterocycles. The van der Waals surface area contributed by atoms with Crippen LogP contribution in [0.25, 0.3) is 10.9 Å². The number of fused-ring (bicyclic) bond motifs is 1. The second kappa shape index (κ2) is 4.95. The van der Waals surface area contributed by atoms with E-state index >= 15 is 0 Å². The largest absolute Gasteiger partial charge is 0.385 e. The molecule has 0 aliphatic carbocycles. The maximum Gasteiger partial charge on any atom is 0.178 e. The molecule has 2 rings (SSSR count). The maximum atomic E-state index is 11.3. The quantitative estimate of drug-likeness (QED) is 0.817. The number of aromatic nitrogens is 1. The van der Waals surface area contributed by atoms with Crippen molar-refractivity contribution in [2.75, 3.05) is 11.9 Å². The van der Waals surface area contributed by atoms with E-state index in [-0.39, 0.29) is 5.78 Å². The standard InChI is InChI=1S/C14H16N2O/c1-3-9-15-13-5-4-6-14-11(13)7-8-12(16-14)10(2)17/h4-8,15H,3,9H2,1-2H3. The number of rotatable bonds is 4. The third kappa shape index (κ3) is 2.44. The van der Waals surface area contributed by atoms with Crippen molar-refractivity contribution in [3.05, 3.63) is 36.0 Å². The van der Waals surface area contributed by atoms with Crippen LogP contribution in [0.3, 0.4) is 0 Å². The smallest absolute Gasteiger partial charge is 0.178 e. The minimum absolute atomic E-state index is 0.00109. The Hall–Kier alpha value is -1.90. The van der Waals surface area contributed by atoms with Crippen LogP contribution < -0.4 is 5.32 Å². The summed E-state index contributed by atoms with van der Waals surface area (Å²) < 4.78 is 0. The number of ketones is 1. The molecule has 1 N–H and O–H groups in total. The molecule has 3 heteroatoms. The summed E-state index contributed by atoms with van der Waals surface area (Å²) in [5.74, 6) is -0.00109. The highest BCUT2D eigenvalue weighted by Gasteiger charge is 2.05. The summed E-state index contributed by atoms with van der Waals surface area (Å²) in [4.78, 5) is 15.6. The van der Waals surface area contributed by atoms with Crippen molar-refractivity contribution in [3.63, 3.8) is 0 Å². The van der Waals surface area contributed by atoms with Crippen LogP contribution in [0.2, 0.25) is 0 Å². The first-order valence-corrected chi connectivity index (χ1v) is 5.87. The highest BCUT2D eigenvalue weighted by atomic mass is 16.1. The van der Waals surface area contributed by atoms with Crippen LogP contribution in [0.5, 0.6) is 0 Å². The maximum absolute atomic E-state index is 11.3. The molecule has 2 aromatic rings. The van der Waals surface area contributed by atoms with Gasteiger partial charge in [-0.15, -0.1) is 0 Å². The number of Topliss-reactive ketones (excluding diaryl/α,β-unsaturated/α-hetero) is 1. The van der Waals surface area contributed by atoms with E-state index in [0.717, 1.165) is 29.6 Å². The zero-order chi connectivity index (χ0) is 12.3. The van der Waals surface area contributed by atoms with Gasteiger partial charge in [-0.3, -0.25) is 4.79 Å². The first-order valence-electron chi connectivity index (χ1n) is 5.87. The Labute approximate surface area is 101 Å². The lowest BCUT2D eigenvalue weighted by Gasteiger charge is -2.08. The Morgan fingerprint density at radius 3 is 2.82 bits per heavy atom. The fraction of sp³-hybridized carbons (Fsp3) is 0.286. The van der Waals surface area contributed by atoms with Crippen LogP contribution in [0.4, 0.5) is 5.69 Å². The number of hydrogen-bond donors (Lipinski definition) is 1. The van der Waals surface area contributed by atoms with Gasteiger partial charge in [-0.05, 0) is 30.7 Å². The summed E-state index contributed by atoms with van der Waals surface area (Å²) in [6.07, 6.45) is 1.08. The Morgan fingerprint density at radius 1 is 1.29 bits per heavy atom. The molecule has 0 fully saturated rings. The Kier molecular flexibility index (Phi) is 3.38. The molecule has 0 unspecified atom stereocenters. The number of nitrogens with one attached hydrogen (secondary N) is 1. The molecule has 0 atom stereocenters. The molecular formula is C14H16N2O. The van der Waals surface area contributed by atoms with Gasteiger partial charge in [-0.2, -0.15) is 0 Å². The SMILES string of the molecule is CCCNc1cccc2nc(C(C)=O)ccc12. The van der Waals surface area contributed by atoms with E-state index in [4.69, 9.17) is 0 Å². The first kappa shape index (κ1) is 11.6. The number of nitrogens with zero attached hydrogens (tertiary/aromatic N) is 1. The average Bonchev–Trinajstić information content (AvgIpc) is 2.35. The molecule has 1 aromatic heterocycles. The van der Waals surface area contributed by atoms with Crippen molar-refractivity contribution >= 4 is 22.4 Å². The highest BCUT2D eigenvalue weighted by Crippen LogP contribution is 2.22. The van der Waals surface area contributed by atoms with E-state index in [1.54, 1.807) is 6.07 Å². The van der Waals surface area contributed by atoms with Gasteiger partial charge in [0.05, 0.1) is 5.52 Å². The van der Waals surface area contributed by atoms with E-state index in [0.29, 0.717) is 5.69 Å². The second-order valence-electron chi connectivity index (χ2n) is 4.05. The molecule has 88 valence electrons. The second-order valence-corrected chi connectivity index (χ2v) is 4.05. The third-order valence-corrected chi connectivity index (χ3v) is 2.66. The minimum atomic E-state index is -0.00109. The van der Waals surface area contributed by atoms with Gasteiger partial charge < -0.3 is 5.32 Å². The summed E-state index contributed by atoms with van der Waals surface area (Å²) in [5.41, 5.74) is 2.45. The van der Waals surface area contributed by atoms with E-state index in [9.17, 15) is 4.79 Å². The lowest BCUT2D eigenvalue weighted by atomic mass is 10.1. The van der Waals surface area contributed by atoms with Crippen LogP contribution in [-0.4, -0.2) is 17.3 Å². The zero-order valence-corrected chi connectivity index (χ0v) is 10.2. The molecule has 0 saturated carbocycles. The van der Waals surface area contributed by atoms with Gasteiger partial charge in [0.2, 0.25) is 0 Å². The minimum Gasteiger partial charge on any atom is -0.385 e. The van der Waals surface area contributed by atoms with Crippen molar-refractivity contribution in [2.45, 2.75) is 20.3 Å². The van der Waals surface area contributed by atoms with Gasteiger partial charge in [0, 0.05) is 24.5 Å². The van der Waals surface area contributed by atoms with Gasteiger partial charge in [0.1, 0.15) is 5.69 Å². The van der Waals surface area contributed by atoms with E-state index in [1.165, 1.54) is 6.92 Å². The normalized spacial score (nSPS) is 10.5. The Morgan fingerprint density at radius 2 is 2.12 bits per heavy atom. The molecule has 0 saturated heterocycles. The summed E-state index contributed by atoms with van der Waals surface area (Å²) in [5, 5.41) is 4.42. The highest BCUT2D eigenvalue weighted by molar-refractivity contribution is 5.97. The fourth-order valence-corrected chi connectivity index (χ4v) is 1.76. The van der Waals surface area contributed by atoms with Crippen LogP contribution >= 0.6 is 0 Å². The molecule has 0 spiro atoms. The molecule has 3 nitrogen and oxygen atoms in total. The van der Waals surface area contributed by atoms with Gasteiger partial charge in [-0.1, -0.05) is 13.0 Å². The number of anilines is 1. The number of benzene rings is 1. The predicted molar refractivity (Wildman–Crippen MR) is 70.5 cm³/mol. The molecular weight excluding hydrogens is 212 g/mol. The first-order chi connectivity index (χ1) is 8.22. The van der Waals surface area contributed by atoms with Crippen molar-refractivity contribution in [2.24, 2.45) is 0 Å². The van der Waals surface area contributed by atoms with E-state index in [2.05, 4.69) is 17.2 Å². The molecule has 0 aliphatic heterocycles. The fourth-order valence-electron chi connectivity index (χ4n) is 1.76. The van der Waals surface area contributed by atoms with Gasteiger partial charge in [0.15, 0.2) is 5.78 Å². The topological polar surface area (TPSA) is 42.0 Å². The number of carbonyl (C=O) groups excluding carboxylic acids is 1. The number of pyridine rings is 1. The Balaban J connectivity index is 2.47. The summed E-state index contributed by atoms with van der Waals surface area (Å²) >= 11 is 0. The Bertz CT molecular complexity index is 549. The molecule has 0 aliphatic rings. The number of hydrogen-bond acceptors (Lipinski definition) is 3. The van der Waals surface area contributed by atoms with Gasteiger partial charge in [0.25, 0.3) is 0 Å². The third-order valence-electron chi connectivity index (χ3n) is 2.66. The van der Waals surface area contributed by atoms with Crippen LogP contribution in [0, 0.1) is 0 Å². The van der Waals surface area contributed by atoms with Crippen molar-refractivity contribution in [1.82, 2.24) is 4.98 Å². The summed E-state index contributed by atoms with van der Waals surface area (Å²) in [6.45, 7) is 4.60. The van der Waals surface area contributed by atoms with Crippen molar-refractivity contribution in [1.29, 1.82) is 0 Å². The predicted octanol–water partition coefficient (Wildman–Crippen LogP) is 3.26. The molecule has 1 aromatic carbocycles. The molecule has 0 bridgehead atoms. The van der Waals surface area contributed by atoms with Crippen molar-refractivity contribution < 1.29 is 4.79 Å². The van der Waals surface area contributed by atoms with Crippen LogP contribution in [-0.2, 0) is 0 Å². The van der Waals surface area contributed by atoms with Crippen LogP contribution in [0.1, 0.15) is 30.8 Å². The van der Waals surface area contributed by atoms with Crippen molar-refractivity contribution in [3.8, 4) is 0 Å². The van der Waals surface area contributed by atoms with E-state index < -0.39 is 0 Å². The number of carbonyl (C=O) groups is 1. The molecule has 0 amide bonds. The van der Waals surface area contributed by atoms with Gasteiger partial charge >= 0.3 is 0 Å². The summed E-state index contributed by atoms with van der Waals surface area (Å²) in [7, 11) is 0. The monoisotopic (exact) mass is 228 g/mol. The molecule has 17 heavy (non-hydrogen) atoms. The molecule has 0 radical (unpaired) electrons. The van der Waals surface area contributed by atoms with Gasteiger partial charge in [-0.25, -0.2) is 4.98 Å².